The van der Waals surface area contributed by atoms with Crippen LogP contribution in [0.15, 0.2) is 54.3 Å². The smallest absolute Gasteiger partial charge is 0.419 e. The van der Waals surface area contributed by atoms with Crippen LogP contribution in [0.4, 0.5) is 24.9 Å². The molecule has 0 unspecified atom stereocenters. The third-order valence-electron chi connectivity index (χ3n) is 8.06. The molecule has 0 saturated heterocycles. The van der Waals surface area contributed by atoms with Gasteiger partial charge in [-0.3, -0.25) is 19.7 Å². The molecule has 0 aliphatic heterocycles. The lowest BCUT2D eigenvalue weighted by Crippen LogP contribution is -2.45. The topological polar surface area (TPSA) is 166 Å². The lowest BCUT2D eigenvalue weighted by Gasteiger charge is -2.36. The van der Waals surface area contributed by atoms with Gasteiger partial charge in [0.1, 0.15) is 5.56 Å². The first-order valence-corrected chi connectivity index (χ1v) is 16.7. The number of pyridine rings is 1. The number of hydrogen-bond donors (Lipinski definition) is 1. The van der Waals surface area contributed by atoms with Gasteiger partial charge in [0.15, 0.2) is 15.7 Å². The van der Waals surface area contributed by atoms with Crippen molar-refractivity contribution in [1.29, 1.82) is 0 Å². The van der Waals surface area contributed by atoms with Crippen molar-refractivity contribution in [3.05, 3.63) is 55.0 Å². The minimum atomic E-state index is -4.78. The molecule has 4 aromatic heterocycles. The van der Waals surface area contributed by atoms with Gasteiger partial charge >= 0.3 is 12.2 Å². The zero-order valence-corrected chi connectivity index (χ0v) is 26.2. The Balaban J connectivity index is 1.18. The predicted octanol–water partition coefficient (Wildman–Crippen LogP) is 4.38. The maximum absolute atomic E-state index is 13.9. The molecule has 0 bridgehead atoms. The Morgan fingerprint density at radius 1 is 0.894 bits per heavy atom. The molecule has 47 heavy (non-hydrogen) atoms. The summed E-state index contributed by atoms with van der Waals surface area (Å²) in [6, 6.07) is 1.00. The summed E-state index contributed by atoms with van der Waals surface area (Å²) in [6.07, 6.45) is 9.31. The number of nitrogens with zero attached hydrogens (tertiary/aromatic N) is 8. The highest BCUT2D eigenvalue weighted by molar-refractivity contribution is 7.90. The lowest BCUT2D eigenvalue weighted by molar-refractivity contribution is -0.137. The quantitative estimate of drug-likeness (QED) is 0.268. The first kappa shape index (κ1) is 32.2. The molecule has 2 saturated carbocycles. The number of hydrogen-bond acceptors (Lipinski definition) is 12. The van der Waals surface area contributed by atoms with E-state index >= 15 is 0 Å². The van der Waals surface area contributed by atoms with Gasteiger partial charge in [-0.25, -0.2) is 33.3 Å². The number of carbonyl (C=O) groups is 1. The molecule has 1 amide bonds. The van der Waals surface area contributed by atoms with Gasteiger partial charge < -0.3 is 10.1 Å². The van der Waals surface area contributed by atoms with E-state index in [-0.39, 0.29) is 46.3 Å². The summed E-state index contributed by atoms with van der Waals surface area (Å²) in [5.74, 6) is 0.349. The Labute approximate surface area is 268 Å². The van der Waals surface area contributed by atoms with Crippen LogP contribution in [0.5, 0.6) is 6.01 Å². The van der Waals surface area contributed by atoms with Gasteiger partial charge in [0.2, 0.25) is 11.9 Å². The van der Waals surface area contributed by atoms with Crippen LogP contribution in [0.1, 0.15) is 44.1 Å². The van der Waals surface area contributed by atoms with E-state index in [0.717, 1.165) is 37.6 Å². The molecule has 0 atom stereocenters. The molecule has 2 aliphatic rings. The van der Waals surface area contributed by atoms with Crippen molar-refractivity contribution in [2.24, 2.45) is 5.92 Å². The largest absolute Gasteiger partial charge is 0.467 e. The molecule has 6 rings (SSSR count). The Morgan fingerprint density at radius 2 is 1.62 bits per heavy atom. The van der Waals surface area contributed by atoms with Crippen molar-refractivity contribution in [1.82, 2.24) is 34.9 Å². The summed E-state index contributed by atoms with van der Waals surface area (Å²) in [7, 11) is -2.25. The first-order valence-electron chi connectivity index (χ1n) is 14.8. The standard InChI is InChI=1S/C30H30F3N9O4S/c1-46-29-38-11-19(12-39-29)24-15-36-25(16-35-24)42(27(43)17-3-4-17)21-7-5-20(6-8-21)40-28-37-14-23(30(31,32)33)26(41-28)18-9-22(13-34-10-18)47(2,44)45/h9-17,20-21H,3-8H2,1-2H3,(H,37,40,41). The fraction of sp³-hybridized carbons (Fsp3) is 0.400. The number of halogens is 3. The van der Waals surface area contributed by atoms with E-state index in [1.165, 1.54) is 7.11 Å². The zero-order valence-electron chi connectivity index (χ0n) is 25.3. The normalized spacial score (nSPS) is 18.4. The highest BCUT2D eigenvalue weighted by Gasteiger charge is 2.40. The summed E-state index contributed by atoms with van der Waals surface area (Å²) >= 11 is 0. The highest BCUT2D eigenvalue weighted by Crippen LogP contribution is 2.38. The summed E-state index contributed by atoms with van der Waals surface area (Å²) in [4.78, 5) is 44.1. The minimum Gasteiger partial charge on any atom is -0.467 e. The van der Waals surface area contributed by atoms with Gasteiger partial charge in [-0.15, -0.1) is 0 Å². The molecular formula is C30H30F3N9O4S. The highest BCUT2D eigenvalue weighted by atomic mass is 32.2. The summed E-state index contributed by atoms with van der Waals surface area (Å²) < 4.78 is 70.7. The summed E-state index contributed by atoms with van der Waals surface area (Å²) in [5, 5.41) is 3.13. The van der Waals surface area contributed by atoms with Crippen molar-refractivity contribution in [2.75, 3.05) is 23.6 Å². The van der Waals surface area contributed by atoms with Crippen molar-refractivity contribution in [2.45, 2.75) is 61.7 Å². The number of nitrogens with one attached hydrogen (secondary N) is 1. The predicted molar refractivity (Wildman–Crippen MR) is 163 cm³/mol. The number of sulfone groups is 1. The fourth-order valence-corrected chi connectivity index (χ4v) is 6.04. The number of carbonyl (C=O) groups excluding carboxylic acids is 1. The van der Waals surface area contributed by atoms with Crippen LogP contribution >= 0.6 is 0 Å². The molecule has 1 N–H and O–H groups in total. The Kier molecular flexibility index (Phi) is 8.74. The van der Waals surface area contributed by atoms with Crippen molar-refractivity contribution in [3.8, 4) is 28.5 Å². The van der Waals surface area contributed by atoms with Crippen LogP contribution in [0, 0.1) is 5.92 Å². The number of methoxy groups -OCH3 is 1. The molecule has 4 aromatic rings. The molecule has 2 aliphatic carbocycles. The van der Waals surface area contributed by atoms with E-state index in [0.29, 0.717) is 49.0 Å². The third-order valence-corrected chi connectivity index (χ3v) is 9.14. The van der Waals surface area contributed by atoms with E-state index in [2.05, 4.69) is 40.2 Å². The summed E-state index contributed by atoms with van der Waals surface area (Å²) in [6.45, 7) is 0. The molecule has 0 aromatic carbocycles. The Bertz CT molecular complexity index is 1870. The van der Waals surface area contributed by atoms with Crippen LogP contribution in [0.25, 0.3) is 22.5 Å². The fourth-order valence-electron chi connectivity index (χ4n) is 5.45. The number of alkyl halides is 3. The van der Waals surface area contributed by atoms with Gasteiger partial charge in [0, 0.05) is 66.4 Å². The molecule has 17 heteroatoms. The van der Waals surface area contributed by atoms with Crippen molar-refractivity contribution in [3.63, 3.8) is 0 Å². The monoisotopic (exact) mass is 669 g/mol. The van der Waals surface area contributed by atoms with Gasteiger partial charge in [0.25, 0.3) is 0 Å². The first-order chi connectivity index (χ1) is 22.4. The molecule has 2 fully saturated rings. The third kappa shape index (κ3) is 7.29. The van der Waals surface area contributed by atoms with Crippen LogP contribution in [-0.2, 0) is 20.8 Å². The second kappa shape index (κ2) is 12.8. The van der Waals surface area contributed by atoms with Gasteiger partial charge in [-0.2, -0.15) is 13.2 Å². The Morgan fingerprint density at radius 3 is 2.21 bits per heavy atom. The van der Waals surface area contributed by atoms with Gasteiger partial charge in [-0.05, 0) is 44.6 Å². The average Bonchev–Trinajstić information content (AvgIpc) is 3.91. The van der Waals surface area contributed by atoms with Crippen LogP contribution in [-0.4, -0.2) is 74.7 Å². The molecule has 246 valence electrons. The van der Waals surface area contributed by atoms with Crippen molar-refractivity contribution < 1.29 is 31.1 Å². The van der Waals surface area contributed by atoms with Crippen molar-refractivity contribution >= 4 is 27.5 Å². The SMILES string of the molecule is COc1ncc(-c2cnc(N(C(=O)C3CC3)C3CCC(Nc4ncc(C(F)(F)F)c(-c5cncc(S(C)(=O)=O)c5)n4)CC3)cn2)cn1. The van der Waals surface area contributed by atoms with Crippen LogP contribution < -0.4 is 15.0 Å². The van der Waals surface area contributed by atoms with Gasteiger partial charge in [0.05, 0.1) is 35.8 Å². The second-order valence-electron chi connectivity index (χ2n) is 11.5. The average molecular weight is 670 g/mol. The summed E-state index contributed by atoms with van der Waals surface area (Å²) in [5.41, 5.74) is -0.510. The lowest BCUT2D eigenvalue weighted by atomic mass is 9.90. The maximum atomic E-state index is 13.9. The van der Waals surface area contributed by atoms with E-state index in [1.807, 2.05) is 0 Å². The minimum absolute atomic E-state index is 0.00288. The Hall–Kier alpha value is -4.80. The number of rotatable bonds is 9. The maximum Gasteiger partial charge on any atom is 0.419 e. The number of amides is 1. The molecular weight excluding hydrogens is 639 g/mol. The van der Waals surface area contributed by atoms with Crippen LogP contribution in [0.3, 0.4) is 0 Å². The van der Waals surface area contributed by atoms with Crippen LogP contribution in [0.2, 0.25) is 0 Å². The van der Waals surface area contributed by atoms with E-state index < -0.39 is 27.3 Å². The second-order valence-corrected chi connectivity index (χ2v) is 13.5. The zero-order chi connectivity index (χ0) is 33.3. The number of aromatic nitrogens is 7. The van der Waals surface area contributed by atoms with Gasteiger partial charge in [-0.1, -0.05) is 0 Å². The molecule has 0 spiro atoms. The number of ether oxygens (including phenoxy) is 1. The van der Waals surface area contributed by atoms with E-state index in [1.54, 1.807) is 29.7 Å². The molecule has 4 heterocycles. The van der Waals surface area contributed by atoms with E-state index in [4.69, 9.17) is 4.74 Å². The number of anilines is 2. The molecule has 0 radical (unpaired) electrons. The molecule has 13 nitrogen and oxygen atoms in total. The van der Waals surface area contributed by atoms with E-state index in [9.17, 15) is 26.4 Å².